The van der Waals surface area contributed by atoms with Gasteiger partial charge in [-0.25, -0.2) is 0 Å². The highest BCUT2D eigenvalue weighted by molar-refractivity contribution is 6.20. The lowest BCUT2D eigenvalue weighted by molar-refractivity contribution is -0.140. The molecule has 0 fully saturated rings. The summed E-state index contributed by atoms with van der Waals surface area (Å²) in [6.45, 7) is 5.49. The molecule has 2 amide bonds. The number of unbranched alkanes of at least 4 members (excludes halogenated alkanes) is 2. The number of benzene rings is 4. The summed E-state index contributed by atoms with van der Waals surface area (Å²) < 4.78 is 0. The highest BCUT2D eigenvalue weighted by atomic mass is 16.2. The molecule has 0 radical (unpaired) electrons. The summed E-state index contributed by atoms with van der Waals surface area (Å²) in [5.74, 6) is -1.31. The molecule has 222 valence electrons. The Hall–Kier alpha value is -4.70. The van der Waals surface area contributed by atoms with Crippen LogP contribution in [0.2, 0.25) is 0 Å². The van der Waals surface area contributed by atoms with Crippen LogP contribution in [0, 0.1) is 11.8 Å². The van der Waals surface area contributed by atoms with E-state index in [4.69, 9.17) is 0 Å². The van der Waals surface area contributed by atoms with Crippen LogP contribution >= 0.6 is 0 Å². The number of amides is 2. The highest BCUT2D eigenvalue weighted by Crippen LogP contribution is 2.53. The van der Waals surface area contributed by atoms with E-state index >= 15 is 9.59 Å². The zero-order valence-corrected chi connectivity index (χ0v) is 25.7. The van der Waals surface area contributed by atoms with Gasteiger partial charge in [0.1, 0.15) is 0 Å². The molecule has 0 saturated heterocycles. The van der Waals surface area contributed by atoms with Crippen molar-refractivity contribution in [3.05, 3.63) is 144 Å². The fourth-order valence-electron chi connectivity index (χ4n) is 6.77. The average molecular weight is 581 g/mol. The molecule has 6 rings (SSSR count). The molecular formula is C40H40N2O2. The molecule has 2 unspecified atom stereocenters. The molecule has 4 heteroatoms. The summed E-state index contributed by atoms with van der Waals surface area (Å²) in [5, 5.41) is 0. The van der Waals surface area contributed by atoms with Gasteiger partial charge >= 0.3 is 0 Å². The number of hydrogen-bond donors (Lipinski definition) is 0. The first kappa shape index (κ1) is 29.4. The third kappa shape index (κ3) is 5.41. The number of carbonyl (C=O) groups is 2. The summed E-state index contributed by atoms with van der Waals surface area (Å²) in [7, 11) is 0. The maximum absolute atomic E-state index is 15.1. The first-order valence-corrected chi connectivity index (χ1v) is 16.0. The Morgan fingerprint density at radius 3 is 1.05 bits per heavy atom. The Kier molecular flexibility index (Phi) is 8.88. The highest BCUT2D eigenvalue weighted by Gasteiger charge is 2.53. The first-order chi connectivity index (χ1) is 21.7. The minimum Gasteiger partial charge on any atom is -0.311 e. The van der Waals surface area contributed by atoms with Gasteiger partial charge in [-0.3, -0.25) is 9.59 Å². The Balaban J connectivity index is 1.72. The van der Waals surface area contributed by atoms with E-state index < -0.39 is 11.8 Å². The Labute approximate surface area is 261 Å². The summed E-state index contributed by atoms with van der Waals surface area (Å²) >= 11 is 0. The number of rotatable bonds is 10. The Morgan fingerprint density at radius 1 is 0.455 bits per heavy atom. The summed E-state index contributed by atoms with van der Waals surface area (Å²) in [4.78, 5) is 34.3. The van der Waals surface area contributed by atoms with Gasteiger partial charge in [-0.1, -0.05) is 148 Å². The minimum atomic E-state index is -0.655. The average Bonchev–Trinajstić information content (AvgIpc) is 3.08. The molecule has 2 aliphatic heterocycles. The maximum Gasteiger partial charge on any atom is 0.235 e. The van der Waals surface area contributed by atoms with Crippen LogP contribution in [0.1, 0.15) is 61.8 Å². The number of nitrogens with zero attached hydrogens (tertiary/aromatic N) is 2. The molecule has 0 aliphatic carbocycles. The monoisotopic (exact) mass is 580 g/mol. The van der Waals surface area contributed by atoms with Crippen LogP contribution in [-0.2, 0) is 9.59 Å². The second kappa shape index (κ2) is 13.3. The largest absolute Gasteiger partial charge is 0.311 e. The van der Waals surface area contributed by atoms with E-state index in [1.165, 1.54) is 0 Å². The van der Waals surface area contributed by atoms with Gasteiger partial charge in [-0.05, 0) is 46.2 Å². The van der Waals surface area contributed by atoms with Crippen molar-refractivity contribution < 1.29 is 9.59 Å². The van der Waals surface area contributed by atoms with Gasteiger partial charge in [-0.15, -0.1) is 0 Å². The van der Waals surface area contributed by atoms with Crippen LogP contribution in [-0.4, -0.2) is 34.7 Å². The summed E-state index contributed by atoms with van der Waals surface area (Å²) in [5.41, 5.74) is 7.47. The molecule has 2 atom stereocenters. The van der Waals surface area contributed by atoms with Gasteiger partial charge in [0.05, 0.1) is 23.2 Å². The van der Waals surface area contributed by atoms with E-state index in [2.05, 4.69) is 62.4 Å². The minimum absolute atomic E-state index is 0.00207. The van der Waals surface area contributed by atoms with E-state index in [0.717, 1.165) is 70.5 Å². The van der Waals surface area contributed by atoms with Gasteiger partial charge in [0.15, 0.2) is 0 Å². The molecule has 4 aromatic carbocycles. The maximum atomic E-state index is 15.1. The van der Waals surface area contributed by atoms with Crippen LogP contribution in [0.5, 0.6) is 0 Å². The second-order valence-corrected chi connectivity index (χ2v) is 11.6. The lowest BCUT2D eigenvalue weighted by Crippen LogP contribution is -2.53. The first-order valence-electron chi connectivity index (χ1n) is 16.0. The van der Waals surface area contributed by atoms with Crippen molar-refractivity contribution in [2.75, 3.05) is 13.1 Å². The van der Waals surface area contributed by atoms with Gasteiger partial charge in [0, 0.05) is 13.1 Å². The van der Waals surface area contributed by atoms with E-state index in [1.54, 1.807) is 0 Å². The van der Waals surface area contributed by atoms with Crippen LogP contribution < -0.4 is 0 Å². The number of carbonyl (C=O) groups excluding carboxylic acids is 2. The van der Waals surface area contributed by atoms with Crippen molar-refractivity contribution in [2.45, 2.75) is 39.5 Å². The van der Waals surface area contributed by atoms with E-state index in [0.29, 0.717) is 13.1 Å². The van der Waals surface area contributed by atoms with E-state index in [-0.39, 0.29) is 11.8 Å². The Morgan fingerprint density at radius 2 is 0.750 bits per heavy atom. The second-order valence-electron chi connectivity index (χ2n) is 11.6. The topological polar surface area (TPSA) is 40.6 Å². The smallest absolute Gasteiger partial charge is 0.235 e. The third-order valence-electron chi connectivity index (χ3n) is 8.80. The van der Waals surface area contributed by atoms with Crippen molar-refractivity contribution >= 4 is 34.4 Å². The fourth-order valence-corrected chi connectivity index (χ4v) is 6.77. The third-order valence-corrected chi connectivity index (χ3v) is 8.80. The molecule has 0 N–H and O–H groups in total. The van der Waals surface area contributed by atoms with Gasteiger partial charge in [-0.2, -0.15) is 0 Å². The van der Waals surface area contributed by atoms with Crippen molar-refractivity contribution in [3.8, 4) is 0 Å². The van der Waals surface area contributed by atoms with Crippen LogP contribution in [0.4, 0.5) is 0 Å². The van der Waals surface area contributed by atoms with Gasteiger partial charge in [0.25, 0.3) is 0 Å². The molecule has 0 spiro atoms. The molecular weight excluding hydrogens is 540 g/mol. The van der Waals surface area contributed by atoms with Crippen molar-refractivity contribution in [1.82, 2.24) is 9.80 Å². The SMILES string of the molecule is CCCCN1C(=O)C2C(c3ccccc3)=C(c3ccccc3)N(CCCC)C(=O)C2C(c2ccccc2)=C1c1ccccc1. The lowest BCUT2D eigenvalue weighted by atomic mass is 9.68. The molecule has 4 nitrogen and oxygen atoms in total. The summed E-state index contributed by atoms with van der Waals surface area (Å²) in [6, 6.07) is 40.8. The number of fused-ring (bicyclic) bond motifs is 1. The molecule has 44 heavy (non-hydrogen) atoms. The zero-order chi connectivity index (χ0) is 30.5. The molecule has 2 heterocycles. The quantitative estimate of drug-likeness (QED) is 0.188. The molecule has 0 bridgehead atoms. The molecule has 0 saturated carbocycles. The number of hydrogen-bond acceptors (Lipinski definition) is 2. The van der Waals surface area contributed by atoms with E-state index in [1.807, 2.05) is 82.6 Å². The normalized spacial score (nSPS) is 18.6. The van der Waals surface area contributed by atoms with Crippen LogP contribution in [0.3, 0.4) is 0 Å². The standard InChI is InChI=1S/C40H40N2O2/c1-3-5-27-41-37(31-23-15-9-16-24-31)33(29-19-11-7-12-20-29)36-35(39(41)43)34(30-21-13-8-14-22-30)38(32-25-17-10-18-26-32)42(40(36)44)28-6-4-2/h7-26,35-36H,3-6,27-28H2,1-2H3. The summed E-state index contributed by atoms with van der Waals surface area (Å²) in [6.07, 6.45) is 3.66. The van der Waals surface area contributed by atoms with Crippen molar-refractivity contribution in [3.63, 3.8) is 0 Å². The predicted molar refractivity (Wildman–Crippen MR) is 180 cm³/mol. The fraction of sp³-hybridized carbons (Fsp3) is 0.250. The van der Waals surface area contributed by atoms with Crippen LogP contribution in [0.25, 0.3) is 22.5 Å². The molecule has 2 aliphatic rings. The Bertz CT molecular complexity index is 1530. The van der Waals surface area contributed by atoms with Crippen molar-refractivity contribution in [1.29, 1.82) is 0 Å². The van der Waals surface area contributed by atoms with E-state index in [9.17, 15) is 0 Å². The van der Waals surface area contributed by atoms with Crippen LogP contribution in [0.15, 0.2) is 121 Å². The lowest BCUT2D eigenvalue weighted by Gasteiger charge is -2.47. The molecule has 0 aromatic heterocycles. The zero-order valence-electron chi connectivity index (χ0n) is 25.7. The van der Waals surface area contributed by atoms with Gasteiger partial charge in [0.2, 0.25) is 11.8 Å². The van der Waals surface area contributed by atoms with Gasteiger partial charge < -0.3 is 9.80 Å². The predicted octanol–water partition coefficient (Wildman–Crippen LogP) is 8.64. The molecule has 4 aromatic rings. The van der Waals surface area contributed by atoms with Crippen molar-refractivity contribution in [2.24, 2.45) is 11.8 Å².